The second kappa shape index (κ2) is 8.03. The minimum atomic E-state index is -4.47. The number of carbonyl (C=O) groups excluding carboxylic acids is 2. The predicted octanol–water partition coefficient (Wildman–Crippen LogP) is 3.53. The van der Waals surface area contributed by atoms with Crippen LogP contribution in [-0.2, 0) is 17.5 Å². The minimum absolute atomic E-state index is 0.0231. The van der Waals surface area contributed by atoms with Crippen LogP contribution in [0.3, 0.4) is 0 Å². The highest BCUT2D eigenvalue weighted by molar-refractivity contribution is 5.94. The first-order chi connectivity index (χ1) is 12.3. The van der Waals surface area contributed by atoms with Gasteiger partial charge in [-0.2, -0.15) is 13.2 Å². The van der Waals surface area contributed by atoms with E-state index < -0.39 is 23.6 Å². The van der Waals surface area contributed by atoms with Gasteiger partial charge in [0.1, 0.15) is 6.26 Å². The van der Waals surface area contributed by atoms with Crippen LogP contribution in [0.25, 0.3) is 0 Å². The zero-order valence-electron chi connectivity index (χ0n) is 14.2. The van der Waals surface area contributed by atoms with Crippen molar-refractivity contribution in [1.29, 1.82) is 0 Å². The number of aromatic nitrogens is 1. The third-order valence-corrected chi connectivity index (χ3v) is 3.51. The molecule has 0 aliphatic heterocycles. The van der Waals surface area contributed by atoms with Crippen LogP contribution in [0.4, 0.5) is 13.2 Å². The quantitative estimate of drug-likeness (QED) is 0.728. The number of rotatable bonds is 6. The summed E-state index contributed by atoms with van der Waals surface area (Å²) >= 11 is 0. The SMILES string of the molecule is CCCN(Cc1nc(C(=O)OC)co1)C(=O)c1ccc(C(F)(F)F)cc1. The van der Waals surface area contributed by atoms with E-state index in [1.165, 1.54) is 12.0 Å². The second-order valence-electron chi connectivity index (χ2n) is 5.42. The summed E-state index contributed by atoms with van der Waals surface area (Å²) in [7, 11) is 1.20. The molecule has 0 saturated carbocycles. The van der Waals surface area contributed by atoms with Crippen LogP contribution in [0, 0.1) is 0 Å². The molecule has 2 rings (SSSR count). The molecule has 9 heteroatoms. The molecular weight excluding hydrogens is 353 g/mol. The highest BCUT2D eigenvalue weighted by atomic mass is 19.4. The Morgan fingerprint density at radius 3 is 2.42 bits per heavy atom. The minimum Gasteiger partial charge on any atom is -0.464 e. The number of carbonyl (C=O) groups is 2. The van der Waals surface area contributed by atoms with Gasteiger partial charge >= 0.3 is 12.1 Å². The van der Waals surface area contributed by atoms with E-state index in [0.29, 0.717) is 13.0 Å². The number of esters is 1. The van der Waals surface area contributed by atoms with Crippen molar-refractivity contribution in [1.82, 2.24) is 9.88 Å². The molecule has 1 aromatic heterocycles. The van der Waals surface area contributed by atoms with Crippen molar-refractivity contribution in [2.45, 2.75) is 26.1 Å². The van der Waals surface area contributed by atoms with Gasteiger partial charge in [-0.3, -0.25) is 4.79 Å². The summed E-state index contributed by atoms with van der Waals surface area (Å²) in [5.41, 5.74) is -0.737. The molecule has 1 amide bonds. The number of nitrogens with zero attached hydrogens (tertiary/aromatic N) is 2. The van der Waals surface area contributed by atoms with E-state index in [9.17, 15) is 22.8 Å². The molecule has 26 heavy (non-hydrogen) atoms. The summed E-state index contributed by atoms with van der Waals surface area (Å²) in [5, 5.41) is 0. The molecule has 2 aromatic rings. The molecule has 0 aliphatic carbocycles. The third kappa shape index (κ3) is 4.62. The zero-order valence-corrected chi connectivity index (χ0v) is 14.2. The number of ether oxygens (including phenoxy) is 1. The average molecular weight is 370 g/mol. The zero-order chi connectivity index (χ0) is 19.3. The van der Waals surface area contributed by atoms with Crippen LogP contribution in [0.2, 0.25) is 0 Å². The Labute approximate surface area is 147 Å². The predicted molar refractivity (Wildman–Crippen MR) is 84.3 cm³/mol. The van der Waals surface area contributed by atoms with Gasteiger partial charge in [-0.15, -0.1) is 0 Å². The summed E-state index contributed by atoms with van der Waals surface area (Å²) in [6.07, 6.45) is -2.72. The molecular formula is C17H17F3N2O4. The van der Waals surface area contributed by atoms with Crippen LogP contribution >= 0.6 is 0 Å². The van der Waals surface area contributed by atoms with Gasteiger partial charge in [-0.05, 0) is 30.7 Å². The fourth-order valence-corrected chi connectivity index (χ4v) is 2.25. The second-order valence-corrected chi connectivity index (χ2v) is 5.42. The van der Waals surface area contributed by atoms with Crippen molar-refractivity contribution in [3.63, 3.8) is 0 Å². The van der Waals surface area contributed by atoms with Crippen LogP contribution in [0.15, 0.2) is 34.9 Å². The number of halogens is 3. The first kappa shape index (κ1) is 19.5. The number of amides is 1. The molecule has 0 radical (unpaired) electrons. The molecule has 6 nitrogen and oxygen atoms in total. The number of benzene rings is 1. The van der Waals surface area contributed by atoms with Crippen LogP contribution < -0.4 is 0 Å². The molecule has 1 aromatic carbocycles. The molecule has 0 spiro atoms. The van der Waals surface area contributed by atoms with Gasteiger partial charge in [-0.1, -0.05) is 6.92 Å². The van der Waals surface area contributed by atoms with Crippen LogP contribution in [0.1, 0.15) is 45.6 Å². The lowest BCUT2D eigenvalue weighted by molar-refractivity contribution is -0.137. The van der Waals surface area contributed by atoms with E-state index >= 15 is 0 Å². The third-order valence-electron chi connectivity index (χ3n) is 3.51. The standard InChI is InChI=1S/C17H17F3N2O4/c1-3-8-22(9-14-21-13(10-26-14)16(24)25-2)15(23)11-4-6-12(7-5-11)17(18,19)20/h4-7,10H,3,8-9H2,1-2H3. The summed E-state index contributed by atoms with van der Waals surface area (Å²) in [6.45, 7) is 2.17. The lowest BCUT2D eigenvalue weighted by Gasteiger charge is -2.20. The molecule has 0 atom stereocenters. The first-order valence-corrected chi connectivity index (χ1v) is 7.75. The van der Waals surface area contributed by atoms with Crippen LogP contribution in [0.5, 0.6) is 0 Å². The fraction of sp³-hybridized carbons (Fsp3) is 0.353. The van der Waals surface area contributed by atoms with Crippen molar-refractivity contribution in [2.75, 3.05) is 13.7 Å². The van der Waals surface area contributed by atoms with Gasteiger partial charge in [0.25, 0.3) is 5.91 Å². The maximum atomic E-state index is 12.6. The Balaban J connectivity index is 2.16. The lowest BCUT2D eigenvalue weighted by Crippen LogP contribution is -2.31. The molecule has 140 valence electrons. The smallest absolute Gasteiger partial charge is 0.416 e. The fourth-order valence-electron chi connectivity index (χ4n) is 2.25. The molecule has 0 unspecified atom stereocenters. The van der Waals surface area contributed by atoms with Gasteiger partial charge in [0.05, 0.1) is 19.2 Å². The van der Waals surface area contributed by atoms with Crippen molar-refractivity contribution in [3.8, 4) is 0 Å². The van der Waals surface area contributed by atoms with Gasteiger partial charge < -0.3 is 14.1 Å². The van der Waals surface area contributed by atoms with Gasteiger partial charge in [0.2, 0.25) is 5.89 Å². The number of methoxy groups -OCH3 is 1. The summed E-state index contributed by atoms with van der Waals surface area (Å²) in [5.74, 6) is -1.01. The Morgan fingerprint density at radius 1 is 1.23 bits per heavy atom. The average Bonchev–Trinajstić information content (AvgIpc) is 3.08. The summed E-state index contributed by atoms with van der Waals surface area (Å²) in [6, 6.07) is 3.97. The highest BCUT2D eigenvalue weighted by Gasteiger charge is 2.30. The van der Waals surface area contributed by atoms with Crippen molar-refractivity contribution in [2.24, 2.45) is 0 Å². The van der Waals surface area contributed by atoms with Crippen molar-refractivity contribution < 1.29 is 31.9 Å². The Kier molecular flexibility index (Phi) is 6.01. The van der Waals surface area contributed by atoms with E-state index in [2.05, 4.69) is 9.72 Å². The number of hydrogen-bond donors (Lipinski definition) is 0. The molecule has 0 N–H and O–H groups in total. The summed E-state index contributed by atoms with van der Waals surface area (Å²) < 4.78 is 47.6. The van der Waals surface area contributed by atoms with E-state index in [0.717, 1.165) is 30.5 Å². The van der Waals surface area contributed by atoms with E-state index in [1.807, 2.05) is 6.92 Å². The maximum Gasteiger partial charge on any atom is 0.416 e. The molecule has 0 aliphatic rings. The number of hydrogen-bond acceptors (Lipinski definition) is 5. The van der Waals surface area contributed by atoms with E-state index in [1.54, 1.807) is 0 Å². The van der Waals surface area contributed by atoms with E-state index in [4.69, 9.17) is 4.42 Å². The Morgan fingerprint density at radius 2 is 1.88 bits per heavy atom. The largest absolute Gasteiger partial charge is 0.464 e. The van der Waals surface area contributed by atoms with Gasteiger partial charge in [0, 0.05) is 12.1 Å². The number of alkyl halides is 3. The molecule has 0 saturated heterocycles. The molecule has 1 heterocycles. The van der Waals surface area contributed by atoms with E-state index in [-0.39, 0.29) is 23.7 Å². The Bertz CT molecular complexity index is 769. The first-order valence-electron chi connectivity index (χ1n) is 7.75. The monoisotopic (exact) mass is 370 g/mol. The summed E-state index contributed by atoms with van der Waals surface area (Å²) in [4.78, 5) is 29.3. The topological polar surface area (TPSA) is 72.6 Å². The maximum absolute atomic E-state index is 12.6. The van der Waals surface area contributed by atoms with Crippen molar-refractivity contribution in [3.05, 3.63) is 53.2 Å². The lowest BCUT2D eigenvalue weighted by atomic mass is 10.1. The van der Waals surface area contributed by atoms with Crippen LogP contribution in [-0.4, -0.2) is 35.4 Å². The van der Waals surface area contributed by atoms with Gasteiger partial charge in [0.15, 0.2) is 5.69 Å². The van der Waals surface area contributed by atoms with Gasteiger partial charge in [-0.25, -0.2) is 9.78 Å². The normalized spacial score (nSPS) is 11.3. The van der Waals surface area contributed by atoms with Crippen molar-refractivity contribution >= 4 is 11.9 Å². The highest BCUT2D eigenvalue weighted by Crippen LogP contribution is 2.29. The number of oxazole rings is 1. The Hall–Kier alpha value is -2.84. The molecule has 0 fully saturated rings. The molecule has 0 bridgehead atoms.